The Hall–Kier alpha value is -1.28. The third kappa shape index (κ3) is 1.90. The van der Waals surface area contributed by atoms with Crippen LogP contribution in [0.25, 0.3) is 0 Å². The highest BCUT2D eigenvalue weighted by Crippen LogP contribution is 2.40. The first kappa shape index (κ1) is 11.8. The molecule has 0 aliphatic rings. The molecule has 0 amide bonds. The van der Waals surface area contributed by atoms with Gasteiger partial charge in [-0.1, -0.05) is 13.8 Å². The molecular formula is C6H7F5N4. The minimum absolute atomic E-state index is 0.502. The van der Waals surface area contributed by atoms with Crippen molar-refractivity contribution in [3.63, 3.8) is 0 Å². The van der Waals surface area contributed by atoms with Crippen molar-refractivity contribution >= 4 is 0 Å². The summed E-state index contributed by atoms with van der Waals surface area (Å²) < 4.78 is 61.0. The van der Waals surface area contributed by atoms with Crippen molar-refractivity contribution in [3.05, 3.63) is 5.82 Å². The van der Waals surface area contributed by atoms with Crippen molar-refractivity contribution in [1.82, 2.24) is 20.2 Å². The minimum Gasteiger partial charge on any atom is -0.170 e. The van der Waals surface area contributed by atoms with Crippen molar-refractivity contribution in [2.45, 2.75) is 32.0 Å². The topological polar surface area (TPSA) is 43.6 Å². The first-order valence-electron chi connectivity index (χ1n) is 3.91. The molecule has 4 nitrogen and oxygen atoms in total. The molecule has 0 unspecified atom stereocenters. The average Bonchev–Trinajstić information content (AvgIpc) is 2.48. The summed E-state index contributed by atoms with van der Waals surface area (Å²) >= 11 is 0. The van der Waals surface area contributed by atoms with E-state index in [0.717, 1.165) is 0 Å². The number of halogens is 5. The molecule has 15 heavy (non-hydrogen) atoms. The van der Waals surface area contributed by atoms with Gasteiger partial charge in [0.05, 0.1) is 0 Å². The largest absolute Gasteiger partial charge is 0.477 e. The van der Waals surface area contributed by atoms with E-state index in [1.54, 1.807) is 0 Å². The maximum absolute atomic E-state index is 12.8. The smallest absolute Gasteiger partial charge is 0.170 e. The zero-order valence-electron chi connectivity index (χ0n) is 7.76. The zero-order chi connectivity index (χ0) is 11.9. The summed E-state index contributed by atoms with van der Waals surface area (Å²) in [6.07, 6.45) is -5.72. The van der Waals surface area contributed by atoms with E-state index in [-0.39, 0.29) is 0 Å². The second-order valence-corrected chi connectivity index (χ2v) is 3.14. The number of alkyl halides is 5. The Labute approximate surface area is 81.1 Å². The fraction of sp³-hybridized carbons (Fsp3) is 0.833. The van der Waals surface area contributed by atoms with Gasteiger partial charge in [-0.2, -0.15) is 26.6 Å². The first-order chi connectivity index (χ1) is 6.68. The van der Waals surface area contributed by atoms with Gasteiger partial charge in [0.2, 0.25) is 0 Å². The van der Waals surface area contributed by atoms with Crippen LogP contribution in [0.1, 0.15) is 25.6 Å². The van der Waals surface area contributed by atoms with Gasteiger partial charge < -0.3 is 0 Å². The lowest BCUT2D eigenvalue weighted by atomic mass is 10.2. The van der Waals surface area contributed by atoms with E-state index >= 15 is 0 Å². The molecule has 0 N–H and O–H groups in total. The predicted octanol–water partition coefficient (Wildman–Crippen LogP) is 1.91. The molecule has 9 heteroatoms. The van der Waals surface area contributed by atoms with Crippen LogP contribution in [-0.2, 0) is 6.05 Å². The van der Waals surface area contributed by atoms with E-state index < -0.39 is 28.6 Å². The fourth-order valence-corrected chi connectivity index (χ4v) is 0.874. The molecule has 0 atom stereocenters. The van der Waals surface area contributed by atoms with E-state index in [1.165, 1.54) is 13.8 Å². The number of nitrogens with zero attached hydrogens (tertiary/aromatic N) is 4. The summed E-state index contributed by atoms with van der Waals surface area (Å²) in [5, 5.41) is 8.58. The van der Waals surface area contributed by atoms with Crippen LogP contribution >= 0.6 is 0 Å². The van der Waals surface area contributed by atoms with Gasteiger partial charge in [0.1, 0.15) is 0 Å². The number of hydrogen-bond acceptors (Lipinski definition) is 3. The standard InChI is InChI=1S/C6H7F5N4/c1-3(2)4-12-13-14-15(4)6(10,11)5(7,8)9/h3H,1-2H3. The highest BCUT2D eigenvalue weighted by Gasteiger charge is 2.61. The summed E-state index contributed by atoms with van der Waals surface area (Å²) in [5.74, 6) is -1.15. The quantitative estimate of drug-likeness (QED) is 0.729. The van der Waals surface area contributed by atoms with Crippen molar-refractivity contribution in [3.8, 4) is 0 Å². The van der Waals surface area contributed by atoms with Crippen LogP contribution in [0.5, 0.6) is 0 Å². The maximum Gasteiger partial charge on any atom is 0.477 e. The highest BCUT2D eigenvalue weighted by atomic mass is 19.4. The normalized spacial score (nSPS) is 13.6. The van der Waals surface area contributed by atoms with Crippen LogP contribution in [0.15, 0.2) is 0 Å². The van der Waals surface area contributed by atoms with Gasteiger partial charge >= 0.3 is 12.2 Å². The fourth-order valence-electron chi connectivity index (χ4n) is 0.874. The lowest BCUT2D eigenvalue weighted by molar-refractivity contribution is -0.329. The molecule has 1 heterocycles. The van der Waals surface area contributed by atoms with Gasteiger partial charge in [0, 0.05) is 5.92 Å². The van der Waals surface area contributed by atoms with Crippen LogP contribution in [0.2, 0.25) is 0 Å². The monoisotopic (exact) mass is 230 g/mol. The van der Waals surface area contributed by atoms with Crippen molar-refractivity contribution in [1.29, 1.82) is 0 Å². The maximum atomic E-state index is 12.8. The molecule has 0 saturated carbocycles. The van der Waals surface area contributed by atoms with Gasteiger partial charge in [0.15, 0.2) is 5.82 Å². The Balaban J connectivity index is 3.21. The van der Waals surface area contributed by atoms with Gasteiger partial charge in [-0.15, -0.1) is 5.10 Å². The summed E-state index contributed by atoms with van der Waals surface area (Å²) in [6.45, 7) is 2.82. The Morgan fingerprint density at radius 1 is 1.13 bits per heavy atom. The number of tetrazole rings is 1. The molecule has 0 aliphatic carbocycles. The van der Waals surface area contributed by atoms with E-state index in [1.807, 2.05) is 0 Å². The second kappa shape index (κ2) is 3.38. The van der Waals surface area contributed by atoms with Crippen LogP contribution in [-0.4, -0.2) is 26.4 Å². The Morgan fingerprint density at radius 3 is 2.07 bits per heavy atom. The molecule has 1 aromatic rings. The molecular weight excluding hydrogens is 223 g/mol. The number of hydrogen-bond donors (Lipinski definition) is 0. The molecule has 86 valence electrons. The Kier molecular flexibility index (Phi) is 2.66. The van der Waals surface area contributed by atoms with Crippen LogP contribution in [0.3, 0.4) is 0 Å². The first-order valence-corrected chi connectivity index (χ1v) is 3.91. The SMILES string of the molecule is CC(C)c1nnnn1C(F)(F)C(F)(F)F. The van der Waals surface area contributed by atoms with Crippen molar-refractivity contribution in [2.75, 3.05) is 0 Å². The summed E-state index contributed by atoms with van der Waals surface area (Å²) in [7, 11) is 0. The van der Waals surface area contributed by atoms with Gasteiger partial charge in [-0.05, 0) is 10.4 Å². The summed E-state index contributed by atoms with van der Waals surface area (Å²) in [6, 6.07) is -5.09. The number of aromatic nitrogens is 4. The Morgan fingerprint density at radius 2 is 1.67 bits per heavy atom. The molecule has 0 fully saturated rings. The third-order valence-corrected chi connectivity index (χ3v) is 1.62. The van der Waals surface area contributed by atoms with Crippen LogP contribution < -0.4 is 0 Å². The van der Waals surface area contributed by atoms with Gasteiger partial charge in [-0.25, -0.2) is 0 Å². The molecule has 0 bridgehead atoms. The Bertz CT molecular complexity index is 342. The van der Waals surface area contributed by atoms with Crippen molar-refractivity contribution < 1.29 is 22.0 Å². The molecule has 0 spiro atoms. The van der Waals surface area contributed by atoms with E-state index in [2.05, 4.69) is 15.5 Å². The third-order valence-electron chi connectivity index (χ3n) is 1.62. The van der Waals surface area contributed by atoms with E-state index in [0.29, 0.717) is 0 Å². The summed E-state index contributed by atoms with van der Waals surface area (Å²) in [4.78, 5) is 0. The van der Waals surface area contributed by atoms with E-state index in [4.69, 9.17) is 0 Å². The molecule has 0 saturated heterocycles. The molecule has 0 aromatic carbocycles. The molecule has 0 aliphatic heterocycles. The lowest BCUT2D eigenvalue weighted by Gasteiger charge is -2.20. The summed E-state index contributed by atoms with van der Waals surface area (Å²) in [5.41, 5.74) is 0. The molecule has 0 radical (unpaired) electrons. The van der Waals surface area contributed by atoms with Crippen molar-refractivity contribution in [2.24, 2.45) is 0 Å². The van der Waals surface area contributed by atoms with Gasteiger partial charge in [-0.3, -0.25) is 0 Å². The van der Waals surface area contributed by atoms with Crippen LogP contribution in [0, 0.1) is 0 Å². The zero-order valence-corrected chi connectivity index (χ0v) is 7.76. The highest BCUT2D eigenvalue weighted by molar-refractivity contribution is 4.92. The van der Waals surface area contributed by atoms with E-state index in [9.17, 15) is 22.0 Å². The molecule has 1 rings (SSSR count). The van der Waals surface area contributed by atoms with Crippen LogP contribution in [0.4, 0.5) is 22.0 Å². The average molecular weight is 230 g/mol. The lowest BCUT2D eigenvalue weighted by Crippen LogP contribution is -2.41. The van der Waals surface area contributed by atoms with Gasteiger partial charge in [0.25, 0.3) is 0 Å². The second-order valence-electron chi connectivity index (χ2n) is 3.14. The molecule has 1 aromatic heterocycles. The predicted molar refractivity (Wildman–Crippen MR) is 38.2 cm³/mol. The number of rotatable bonds is 2. The minimum atomic E-state index is -5.72.